The summed E-state index contributed by atoms with van der Waals surface area (Å²) < 4.78 is 8.86. The third kappa shape index (κ3) is 8.68. The molecule has 0 saturated carbocycles. The van der Waals surface area contributed by atoms with Gasteiger partial charge in [0.05, 0.1) is 30.7 Å². The van der Waals surface area contributed by atoms with Crippen LogP contribution in [0.25, 0.3) is 83.8 Å². The van der Waals surface area contributed by atoms with E-state index < -0.39 is 8.07 Å². The molecule has 0 N–H and O–H groups in total. The quantitative estimate of drug-likeness (QED) is 0.112. The summed E-state index contributed by atoms with van der Waals surface area (Å²) in [4.78, 5) is 15.0. The number of aryl methyl sites for hydroxylation is 1. The van der Waals surface area contributed by atoms with E-state index in [1.807, 2.05) is 54.6 Å². The van der Waals surface area contributed by atoms with Crippen molar-refractivity contribution >= 4 is 46.4 Å². The average Bonchev–Trinajstić information content (AvgIpc) is 3.87. The zero-order chi connectivity index (χ0) is 43.8. The van der Waals surface area contributed by atoms with Gasteiger partial charge in [0.2, 0.25) is 0 Å². The van der Waals surface area contributed by atoms with E-state index in [1.165, 1.54) is 33.0 Å². The van der Waals surface area contributed by atoms with Gasteiger partial charge in [-0.2, -0.15) is 0 Å². The zero-order valence-corrected chi connectivity index (χ0v) is 41.1. The molecule has 7 heteroatoms. The second kappa shape index (κ2) is 18.5. The Hall–Kier alpha value is -6.24. The van der Waals surface area contributed by atoms with E-state index in [-0.39, 0.29) is 31.9 Å². The maximum absolute atomic E-state index is 6.55. The molecule has 64 heavy (non-hydrogen) atoms. The summed E-state index contributed by atoms with van der Waals surface area (Å²) >= 11 is 0. The maximum Gasteiger partial charge on any atom is 0.168 e. The molecule has 0 aliphatic heterocycles. The number of benzene rings is 6. The van der Waals surface area contributed by atoms with Crippen molar-refractivity contribution in [3.63, 3.8) is 0 Å². The molecule has 0 atom stereocenters. The minimum absolute atomic E-state index is 0. The van der Waals surface area contributed by atoms with Crippen LogP contribution in [0, 0.1) is 19.1 Å². The van der Waals surface area contributed by atoms with Crippen LogP contribution >= 0.6 is 0 Å². The summed E-state index contributed by atoms with van der Waals surface area (Å²) in [5.74, 6) is 1.28. The second-order valence-corrected chi connectivity index (χ2v) is 23.0. The van der Waals surface area contributed by atoms with Crippen LogP contribution in [0.15, 0.2) is 162 Å². The van der Waals surface area contributed by atoms with Gasteiger partial charge in [-0.05, 0) is 82.2 Å². The first-order valence-corrected chi connectivity index (χ1v) is 25.4. The first kappa shape index (κ1) is 44.4. The van der Waals surface area contributed by atoms with Gasteiger partial charge in [-0.25, -0.2) is 4.98 Å². The fourth-order valence-electron chi connectivity index (χ4n) is 8.64. The smallest absolute Gasteiger partial charge is 0.168 e. The molecule has 6 aromatic carbocycles. The van der Waals surface area contributed by atoms with Crippen LogP contribution < -0.4 is 5.19 Å². The minimum Gasteiger partial charge on any atom is -0.501 e. The van der Waals surface area contributed by atoms with Gasteiger partial charge >= 0.3 is 0 Å². The molecular weight excluding hydrogens is 977 g/mol. The molecule has 10 rings (SSSR count). The maximum atomic E-state index is 6.55. The summed E-state index contributed by atoms with van der Waals surface area (Å²) in [5.41, 5.74) is 15.6. The van der Waals surface area contributed by atoms with Crippen LogP contribution in [0.1, 0.15) is 56.2 Å². The standard InChI is InChI=1S/C42H34N3O.C15H18NSi.Ir/c1-26(2)34-24-30(28-14-7-5-8-15-28)25-35(27(3)4)39(34)45-37-23-22-36(29-16-9-6-10-17-29)43-41(37)44-42(45)33-20-13-19-32-31-18-11-12-21-38(31)46-40(32)33;1-12-10-14(13-8-6-5-7-9-13)16-11-15(12)17(2,3)4;/h5-19,21-27H,1-4H3;5-8,10-11H,1-4H3;/q2*-1;. The van der Waals surface area contributed by atoms with Crippen LogP contribution in [0.3, 0.4) is 0 Å². The largest absolute Gasteiger partial charge is 0.501 e. The van der Waals surface area contributed by atoms with Crippen LogP contribution in [0.4, 0.5) is 0 Å². The molecule has 0 unspecified atom stereocenters. The van der Waals surface area contributed by atoms with E-state index in [9.17, 15) is 0 Å². The van der Waals surface area contributed by atoms with Gasteiger partial charge in [0, 0.05) is 42.9 Å². The number of nitrogens with zero attached hydrogens (tertiary/aromatic N) is 4. The van der Waals surface area contributed by atoms with E-state index in [1.54, 1.807) is 0 Å². The van der Waals surface area contributed by atoms with Gasteiger partial charge in [-0.15, -0.1) is 54.1 Å². The molecule has 0 spiro atoms. The number of furan rings is 1. The van der Waals surface area contributed by atoms with Gasteiger partial charge in [0.25, 0.3) is 0 Å². The van der Waals surface area contributed by atoms with E-state index >= 15 is 0 Å². The first-order chi connectivity index (χ1) is 30.5. The van der Waals surface area contributed by atoms with Crippen molar-refractivity contribution in [3.8, 4) is 50.7 Å². The Morgan fingerprint density at radius 1 is 0.609 bits per heavy atom. The molecule has 0 amide bonds. The second-order valence-electron chi connectivity index (χ2n) is 18.0. The van der Waals surface area contributed by atoms with Crippen molar-refractivity contribution < 1.29 is 24.5 Å². The Labute approximate surface area is 391 Å². The van der Waals surface area contributed by atoms with Crippen molar-refractivity contribution in [3.05, 3.63) is 187 Å². The Kier molecular flexibility index (Phi) is 12.8. The predicted molar refractivity (Wildman–Crippen MR) is 266 cm³/mol. The van der Waals surface area contributed by atoms with E-state index in [0.29, 0.717) is 5.65 Å². The van der Waals surface area contributed by atoms with Crippen LogP contribution in [-0.2, 0) is 20.1 Å². The number of pyridine rings is 2. The summed E-state index contributed by atoms with van der Waals surface area (Å²) in [6, 6.07) is 59.1. The molecule has 0 aliphatic carbocycles. The van der Waals surface area contributed by atoms with Crippen molar-refractivity contribution in [2.24, 2.45) is 0 Å². The number of imidazole rings is 1. The van der Waals surface area contributed by atoms with Gasteiger partial charge in [0.1, 0.15) is 5.58 Å². The molecule has 5 nitrogen and oxygen atoms in total. The van der Waals surface area contributed by atoms with Crippen LogP contribution in [0.2, 0.25) is 19.6 Å². The van der Waals surface area contributed by atoms with E-state index in [4.69, 9.17) is 14.4 Å². The monoisotopic (exact) mass is 1030 g/mol. The van der Waals surface area contributed by atoms with Gasteiger partial charge in [-0.1, -0.05) is 149 Å². The van der Waals surface area contributed by atoms with E-state index in [2.05, 4.69) is 179 Å². The number of hydrogen-bond donors (Lipinski definition) is 0. The van der Waals surface area contributed by atoms with Crippen molar-refractivity contribution in [1.82, 2.24) is 19.5 Å². The number of hydrogen-bond acceptors (Lipinski definition) is 4. The molecule has 10 aromatic rings. The summed E-state index contributed by atoms with van der Waals surface area (Å²) in [7, 11) is -1.27. The number of fused-ring (bicyclic) bond motifs is 4. The fraction of sp³-hybridized carbons (Fsp3) is 0.175. The van der Waals surface area contributed by atoms with Crippen molar-refractivity contribution in [2.75, 3.05) is 0 Å². The Bertz CT molecular complexity index is 3190. The summed E-state index contributed by atoms with van der Waals surface area (Å²) in [6.45, 7) is 18.3. The third-order valence-corrected chi connectivity index (χ3v) is 13.9. The van der Waals surface area contributed by atoms with Crippen molar-refractivity contribution in [1.29, 1.82) is 0 Å². The average molecular weight is 1030 g/mol. The normalized spacial score (nSPS) is 11.6. The Morgan fingerprint density at radius 2 is 1.27 bits per heavy atom. The van der Waals surface area contributed by atoms with Crippen LogP contribution in [-0.4, -0.2) is 27.6 Å². The van der Waals surface area contributed by atoms with E-state index in [0.717, 1.165) is 67.0 Å². The number of rotatable bonds is 8. The Morgan fingerprint density at radius 3 is 1.91 bits per heavy atom. The summed E-state index contributed by atoms with van der Waals surface area (Å²) in [5, 5.41) is 3.57. The number of aromatic nitrogens is 4. The van der Waals surface area contributed by atoms with Gasteiger partial charge in [-0.3, -0.25) is 4.98 Å². The molecule has 1 radical (unpaired) electrons. The first-order valence-electron chi connectivity index (χ1n) is 21.9. The molecule has 321 valence electrons. The molecule has 0 bridgehead atoms. The zero-order valence-electron chi connectivity index (χ0n) is 37.7. The summed E-state index contributed by atoms with van der Waals surface area (Å²) in [6.07, 6.45) is 2.05. The third-order valence-electron chi connectivity index (χ3n) is 11.8. The minimum atomic E-state index is -1.27. The molecule has 0 aliphatic rings. The number of para-hydroxylation sites is 1. The van der Waals surface area contributed by atoms with Gasteiger partial charge < -0.3 is 14.0 Å². The Balaban J connectivity index is 0.000000262. The SMILES string of the molecule is CC(C)c1cc(-c2ccccc2)cc(C(C)C)c1-n1c(-c2[c-]ccc3c2oc2ccccc23)nc2nc(-c3ccccc3)ccc21.Cc1cc(-c2[c-]cccc2)ncc1[Si](C)(C)C.[Ir]. The molecule has 0 fully saturated rings. The predicted octanol–water partition coefficient (Wildman–Crippen LogP) is 14.8. The molecule has 4 aromatic heterocycles. The van der Waals surface area contributed by atoms with Crippen molar-refractivity contribution in [2.45, 2.75) is 66.1 Å². The molecule has 4 heterocycles. The van der Waals surface area contributed by atoms with Crippen LogP contribution in [0.5, 0.6) is 0 Å². The molecule has 0 saturated heterocycles. The van der Waals surface area contributed by atoms with Gasteiger partial charge in [0.15, 0.2) is 5.65 Å². The molecular formula is C57H52IrN4OSi-2. The fourth-order valence-corrected chi connectivity index (χ4v) is 10.3. The topological polar surface area (TPSA) is 56.7 Å².